The third kappa shape index (κ3) is 5.51. The van der Waals surface area contributed by atoms with Gasteiger partial charge >= 0.3 is 0 Å². The van der Waals surface area contributed by atoms with Gasteiger partial charge in [-0.05, 0) is 52.9 Å². The maximum Gasteiger partial charge on any atom is 0.277 e. The lowest BCUT2D eigenvalue weighted by molar-refractivity contribution is -0.123. The molecule has 0 atom stereocenters. The molecule has 0 bridgehead atoms. The molecule has 0 aliphatic heterocycles. The van der Waals surface area contributed by atoms with Crippen molar-refractivity contribution in [1.29, 1.82) is 0 Å². The lowest BCUT2D eigenvalue weighted by atomic mass is 10.2. The van der Waals surface area contributed by atoms with Crippen molar-refractivity contribution in [2.24, 2.45) is 5.10 Å². The zero-order chi connectivity index (χ0) is 17.7. The third-order valence-electron chi connectivity index (χ3n) is 2.70. The normalized spacial score (nSPS) is 10.8. The predicted molar refractivity (Wildman–Crippen MR) is 106 cm³/mol. The standard InChI is InChI=1S/C15H10BrCl2IN2O3/c16-9-3-8(15(23)12(19)4-9)6-20-21-14(22)7-24-13-2-1-10(17)5-11(13)18/h1-6,23H,7H2,(H,21,22)/b20-6-. The summed E-state index contributed by atoms with van der Waals surface area (Å²) in [5.41, 5.74) is 2.77. The highest BCUT2D eigenvalue weighted by atomic mass is 127. The van der Waals surface area contributed by atoms with Crippen LogP contribution in [0.2, 0.25) is 10.0 Å². The summed E-state index contributed by atoms with van der Waals surface area (Å²) in [6.45, 7) is -0.263. The van der Waals surface area contributed by atoms with Gasteiger partial charge in [0.15, 0.2) is 6.61 Å². The van der Waals surface area contributed by atoms with Crippen LogP contribution in [0.15, 0.2) is 39.9 Å². The van der Waals surface area contributed by atoms with E-state index in [-0.39, 0.29) is 12.4 Å². The van der Waals surface area contributed by atoms with E-state index in [2.05, 4.69) is 26.5 Å². The molecule has 0 heterocycles. The first kappa shape index (κ1) is 19.3. The Hall–Kier alpha value is -1.03. The van der Waals surface area contributed by atoms with E-state index in [1.807, 2.05) is 22.6 Å². The number of phenolic OH excluding ortho intramolecular Hbond substituents is 1. The quantitative estimate of drug-likeness (QED) is 0.329. The zero-order valence-corrected chi connectivity index (χ0v) is 17.1. The monoisotopic (exact) mass is 542 g/mol. The van der Waals surface area contributed by atoms with E-state index in [4.69, 9.17) is 27.9 Å². The van der Waals surface area contributed by atoms with E-state index in [0.717, 1.165) is 4.47 Å². The van der Waals surface area contributed by atoms with Gasteiger partial charge in [-0.1, -0.05) is 39.1 Å². The number of rotatable bonds is 5. The largest absolute Gasteiger partial charge is 0.506 e. The zero-order valence-electron chi connectivity index (χ0n) is 11.9. The lowest BCUT2D eigenvalue weighted by Gasteiger charge is -2.07. The van der Waals surface area contributed by atoms with Crippen molar-refractivity contribution < 1.29 is 14.6 Å². The van der Waals surface area contributed by atoms with E-state index in [9.17, 15) is 9.90 Å². The smallest absolute Gasteiger partial charge is 0.277 e. The molecular formula is C15H10BrCl2IN2O3. The fourth-order valence-corrected chi connectivity index (χ4v) is 3.64. The highest BCUT2D eigenvalue weighted by molar-refractivity contribution is 14.1. The molecule has 0 saturated carbocycles. The number of benzene rings is 2. The number of hydrogen-bond acceptors (Lipinski definition) is 4. The van der Waals surface area contributed by atoms with Crippen LogP contribution in [0.4, 0.5) is 0 Å². The van der Waals surface area contributed by atoms with Crippen LogP contribution in [-0.4, -0.2) is 23.8 Å². The number of hydrazone groups is 1. The Bertz CT molecular complexity index is 803. The van der Waals surface area contributed by atoms with Crippen molar-refractivity contribution in [1.82, 2.24) is 5.43 Å². The van der Waals surface area contributed by atoms with Crippen LogP contribution in [0.3, 0.4) is 0 Å². The molecule has 1 amide bonds. The van der Waals surface area contributed by atoms with Crippen molar-refractivity contribution in [2.75, 3.05) is 6.61 Å². The highest BCUT2D eigenvalue weighted by Crippen LogP contribution is 2.28. The number of phenols is 1. The summed E-state index contributed by atoms with van der Waals surface area (Å²) < 4.78 is 6.74. The molecule has 0 aliphatic rings. The molecule has 126 valence electrons. The van der Waals surface area contributed by atoms with Gasteiger partial charge in [-0.15, -0.1) is 0 Å². The summed E-state index contributed by atoms with van der Waals surface area (Å²) in [7, 11) is 0. The maximum absolute atomic E-state index is 11.7. The van der Waals surface area contributed by atoms with Crippen molar-refractivity contribution in [3.05, 3.63) is 54.0 Å². The maximum atomic E-state index is 11.7. The van der Waals surface area contributed by atoms with Gasteiger partial charge in [-0.2, -0.15) is 5.10 Å². The van der Waals surface area contributed by atoms with Crippen LogP contribution in [0.1, 0.15) is 5.56 Å². The van der Waals surface area contributed by atoms with Crippen molar-refractivity contribution in [3.63, 3.8) is 0 Å². The summed E-state index contributed by atoms with van der Waals surface area (Å²) in [5, 5.41) is 14.5. The first-order valence-electron chi connectivity index (χ1n) is 6.44. The van der Waals surface area contributed by atoms with E-state index < -0.39 is 5.91 Å². The number of amides is 1. The lowest BCUT2D eigenvalue weighted by Crippen LogP contribution is -2.24. The Morgan fingerprint density at radius 1 is 1.38 bits per heavy atom. The summed E-state index contributed by atoms with van der Waals surface area (Å²) in [6, 6.07) is 8.14. The number of nitrogens with zero attached hydrogens (tertiary/aromatic N) is 1. The second-order valence-corrected chi connectivity index (χ2v) is 7.40. The van der Waals surface area contributed by atoms with Crippen LogP contribution in [0.25, 0.3) is 0 Å². The molecule has 5 nitrogen and oxygen atoms in total. The number of carbonyl (C=O) groups excluding carboxylic acids is 1. The second-order valence-electron chi connectivity index (χ2n) is 4.48. The van der Waals surface area contributed by atoms with E-state index in [0.29, 0.717) is 24.9 Å². The minimum atomic E-state index is -0.471. The minimum absolute atomic E-state index is 0.0843. The first-order chi connectivity index (χ1) is 11.4. The Balaban J connectivity index is 1.91. The minimum Gasteiger partial charge on any atom is -0.506 e. The van der Waals surface area contributed by atoms with E-state index in [1.54, 1.807) is 24.3 Å². The van der Waals surface area contributed by atoms with Gasteiger partial charge in [0.05, 0.1) is 14.8 Å². The van der Waals surface area contributed by atoms with Gasteiger partial charge in [0, 0.05) is 15.1 Å². The Morgan fingerprint density at radius 2 is 2.12 bits per heavy atom. The first-order valence-corrected chi connectivity index (χ1v) is 9.07. The fraction of sp³-hybridized carbons (Fsp3) is 0.0667. The van der Waals surface area contributed by atoms with Crippen LogP contribution in [-0.2, 0) is 4.79 Å². The number of hydrogen-bond donors (Lipinski definition) is 2. The van der Waals surface area contributed by atoms with Crippen molar-refractivity contribution in [3.8, 4) is 11.5 Å². The molecule has 0 fully saturated rings. The van der Waals surface area contributed by atoms with Gasteiger partial charge in [-0.25, -0.2) is 5.43 Å². The molecule has 0 unspecified atom stereocenters. The molecule has 0 aromatic heterocycles. The molecule has 2 aromatic carbocycles. The highest BCUT2D eigenvalue weighted by Gasteiger charge is 2.07. The van der Waals surface area contributed by atoms with Crippen molar-refractivity contribution in [2.45, 2.75) is 0 Å². The Labute approximate surface area is 170 Å². The number of carbonyl (C=O) groups is 1. The van der Waals surface area contributed by atoms with Crippen molar-refractivity contribution >= 4 is 73.8 Å². The van der Waals surface area contributed by atoms with Crippen LogP contribution >= 0.6 is 61.7 Å². The molecule has 24 heavy (non-hydrogen) atoms. The van der Waals surface area contributed by atoms with Gasteiger partial charge in [0.2, 0.25) is 0 Å². The summed E-state index contributed by atoms with van der Waals surface area (Å²) >= 11 is 17.0. The van der Waals surface area contributed by atoms with Gasteiger partial charge < -0.3 is 9.84 Å². The van der Waals surface area contributed by atoms with Crippen LogP contribution in [0.5, 0.6) is 11.5 Å². The number of ether oxygens (including phenoxy) is 1. The van der Waals surface area contributed by atoms with E-state index in [1.165, 1.54) is 12.3 Å². The number of nitrogens with one attached hydrogen (secondary N) is 1. The van der Waals surface area contributed by atoms with Gasteiger partial charge in [-0.3, -0.25) is 4.79 Å². The van der Waals surface area contributed by atoms with Gasteiger partial charge in [0.25, 0.3) is 5.91 Å². The van der Waals surface area contributed by atoms with Crippen LogP contribution < -0.4 is 10.2 Å². The topological polar surface area (TPSA) is 70.9 Å². The average Bonchev–Trinajstić information content (AvgIpc) is 2.51. The summed E-state index contributed by atoms with van der Waals surface area (Å²) in [5.74, 6) is -0.0400. The molecule has 0 aliphatic carbocycles. The second kappa shape index (κ2) is 8.89. The average molecular weight is 544 g/mol. The Kier molecular flexibility index (Phi) is 7.15. The fourth-order valence-electron chi connectivity index (χ4n) is 1.63. The predicted octanol–water partition coefficient (Wildman–Crippen LogP) is 4.60. The molecule has 2 N–H and O–H groups in total. The van der Waals surface area contributed by atoms with Crippen LogP contribution in [0, 0.1) is 3.57 Å². The molecule has 2 aromatic rings. The molecule has 0 radical (unpaired) electrons. The SMILES string of the molecule is O=C(COc1ccc(Cl)cc1Cl)N/N=C\c1cc(Br)cc(I)c1O. The summed E-state index contributed by atoms with van der Waals surface area (Å²) in [6.07, 6.45) is 1.34. The van der Waals surface area contributed by atoms with Gasteiger partial charge in [0.1, 0.15) is 11.5 Å². The molecule has 0 saturated heterocycles. The molecular weight excluding hydrogens is 534 g/mol. The summed E-state index contributed by atoms with van der Waals surface area (Å²) in [4.78, 5) is 11.7. The molecule has 2 rings (SSSR count). The molecule has 0 spiro atoms. The number of aromatic hydroxyl groups is 1. The van der Waals surface area contributed by atoms with E-state index >= 15 is 0 Å². The third-order valence-corrected chi connectivity index (χ3v) is 4.51. The Morgan fingerprint density at radius 3 is 2.83 bits per heavy atom. The molecule has 9 heteroatoms. The number of halogens is 4.